The van der Waals surface area contributed by atoms with Gasteiger partial charge in [-0.3, -0.25) is 9.78 Å². The van der Waals surface area contributed by atoms with E-state index in [1.54, 1.807) is 48.8 Å². The van der Waals surface area contributed by atoms with Crippen LogP contribution in [0.3, 0.4) is 0 Å². The van der Waals surface area contributed by atoms with Crippen LogP contribution in [0.25, 0.3) is 0 Å². The molecule has 0 bridgehead atoms. The molecule has 0 aliphatic heterocycles. The van der Waals surface area contributed by atoms with Gasteiger partial charge in [0.15, 0.2) is 12.0 Å². The summed E-state index contributed by atoms with van der Waals surface area (Å²) in [6.45, 7) is 1.49. The molecule has 0 aliphatic carbocycles. The molecule has 86 valence electrons. The second kappa shape index (κ2) is 4.87. The van der Waals surface area contributed by atoms with Crippen LogP contribution in [-0.2, 0) is 0 Å². The Bertz CT molecular complexity index is 508. The molecule has 0 spiro atoms. The number of pyridine rings is 1. The summed E-state index contributed by atoms with van der Waals surface area (Å²) in [6.07, 6.45) is 1.94. The normalized spacial score (nSPS) is 12.1. The SMILES string of the molecule is CC(=O)c1ccc(C(F)c2ccncc2)cc1. The fraction of sp³-hybridized carbons (Fsp3) is 0.143. The van der Waals surface area contributed by atoms with Crippen LogP contribution < -0.4 is 0 Å². The Morgan fingerprint density at radius 3 is 2.12 bits per heavy atom. The quantitative estimate of drug-likeness (QED) is 0.755. The van der Waals surface area contributed by atoms with Gasteiger partial charge in [-0.2, -0.15) is 0 Å². The lowest BCUT2D eigenvalue weighted by Gasteiger charge is -2.08. The smallest absolute Gasteiger partial charge is 0.159 e. The van der Waals surface area contributed by atoms with Crippen molar-refractivity contribution in [1.29, 1.82) is 0 Å². The molecule has 0 aliphatic rings. The van der Waals surface area contributed by atoms with Gasteiger partial charge in [-0.05, 0) is 30.2 Å². The molecular weight excluding hydrogens is 217 g/mol. The molecule has 0 amide bonds. The number of alkyl halides is 1. The molecule has 0 radical (unpaired) electrons. The Morgan fingerprint density at radius 2 is 1.59 bits per heavy atom. The molecule has 0 fully saturated rings. The van der Waals surface area contributed by atoms with Gasteiger partial charge in [-0.1, -0.05) is 24.3 Å². The summed E-state index contributed by atoms with van der Waals surface area (Å²) in [5.41, 5.74) is 1.70. The van der Waals surface area contributed by atoms with Gasteiger partial charge in [0, 0.05) is 18.0 Å². The first kappa shape index (κ1) is 11.5. The number of aromatic nitrogens is 1. The van der Waals surface area contributed by atoms with Gasteiger partial charge in [-0.15, -0.1) is 0 Å². The van der Waals surface area contributed by atoms with E-state index in [0.717, 1.165) is 0 Å². The lowest BCUT2D eigenvalue weighted by Crippen LogP contribution is -1.97. The average molecular weight is 229 g/mol. The van der Waals surface area contributed by atoms with E-state index in [-0.39, 0.29) is 5.78 Å². The van der Waals surface area contributed by atoms with Crippen LogP contribution in [0.1, 0.15) is 34.6 Å². The van der Waals surface area contributed by atoms with E-state index in [1.165, 1.54) is 6.92 Å². The van der Waals surface area contributed by atoms with Crippen LogP contribution >= 0.6 is 0 Å². The first-order chi connectivity index (χ1) is 8.18. The summed E-state index contributed by atoms with van der Waals surface area (Å²) in [4.78, 5) is 14.9. The molecule has 1 aromatic heterocycles. The third-order valence-electron chi connectivity index (χ3n) is 2.61. The molecule has 2 nitrogen and oxygen atoms in total. The molecular formula is C14H12FNO. The van der Waals surface area contributed by atoms with Crippen LogP contribution in [0.4, 0.5) is 4.39 Å². The predicted molar refractivity (Wildman–Crippen MR) is 63.6 cm³/mol. The molecule has 0 N–H and O–H groups in total. The molecule has 0 saturated carbocycles. The van der Waals surface area contributed by atoms with Crippen molar-refractivity contribution in [3.05, 3.63) is 65.5 Å². The summed E-state index contributed by atoms with van der Waals surface area (Å²) < 4.78 is 14.1. The Kier molecular flexibility index (Phi) is 3.28. The molecule has 0 saturated heterocycles. The third-order valence-corrected chi connectivity index (χ3v) is 2.61. The maximum absolute atomic E-state index is 14.1. The number of nitrogens with zero attached hydrogens (tertiary/aromatic N) is 1. The molecule has 17 heavy (non-hydrogen) atoms. The molecule has 3 heteroatoms. The van der Waals surface area contributed by atoms with E-state index < -0.39 is 6.17 Å². The van der Waals surface area contributed by atoms with E-state index in [0.29, 0.717) is 16.7 Å². The number of hydrogen-bond donors (Lipinski definition) is 0. The number of hydrogen-bond acceptors (Lipinski definition) is 2. The summed E-state index contributed by atoms with van der Waals surface area (Å²) >= 11 is 0. The molecule has 2 aromatic rings. The number of halogens is 1. The molecule has 1 aromatic carbocycles. The van der Waals surface area contributed by atoms with Crippen LogP contribution in [0.2, 0.25) is 0 Å². The van der Waals surface area contributed by atoms with E-state index >= 15 is 0 Å². The Hall–Kier alpha value is -2.03. The fourth-order valence-electron chi connectivity index (χ4n) is 1.61. The zero-order valence-electron chi connectivity index (χ0n) is 9.43. The molecule has 2 rings (SSSR count). The monoisotopic (exact) mass is 229 g/mol. The Balaban J connectivity index is 2.26. The summed E-state index contributed by atoms with van der Waals surface area (Å²) in [7, 11) is 0. The first-order valence-electron chi connectivity index (χ1n) is 5.33. The topological polar surface area (TPSA) is 30.0 Å². The highest BCUT2D eigenvalue weighted by Crippen LogP contribution is 2.25. The number of rotatable bonds is 3. The average Bonchev–Trinajstić information content (AvgIpc) is 2.39. The highest BCUT2D eigenvalue weighted by atomic mass is 19.1. The van der Waals surface area contributed by atoms with Gasteiger partial charge in [0.05, 0.1) is 0 Å². The van der Waals surface area contributed by atoms with Crippen molar-refractivity contribution < 1.29 is 9.18 Å². The highest BCUT2D eigenvalue weighted by molar-refractivity contribution is 5.94. The van der Waals surface area contributed by atoms with Gasteiger partial charge >= 0.3 is 0 Å². The zero-order valence-corrected chi connectivity index (χ0v) is 9.43. The van der Waals surface area contributed by atoms with Gasteiger partial charge in [0.25, 0.3) is 0 Å². The summed E-state index contributed by atoms with van der Waals surface area (Å²) in [5.74, 6) is -0.0177. The van der Waals surface area contributed by atoms with Gasteiger partial charge in [0.1, 0.15) is 0 Å². The number of carbonyl (C=O) groups excluding carboxylic acids is 1. The number of benzene rings is 1. The van der Waals surface area contributed by atoms with E-state index in [9.17, 15) is 9.18 Å². The van der Waals surface area contributed by atoms with Crippen molar-refractivity contribution in [3.63, 3.8) is 0 Å². The van der Waals surface area contributed by atoms with Crippen LogP contribution in [0.15, 0.2) is 48.8 Å². The highest BCUT2D eigenvalue weighted by Gasteiger charge is 2.12. The van der Waals surface area contributed by atoms with Crippen molar-refractivity contribution in [2.45, 2.75) is 13.1 Å². The number of Topliss-reactive ketones (excluding diaryl/α,β-unsaturated/α-hetero) is 1. The lowest BCUT2D eigenvalue weighted by molar-refractivity contribution is 0.101. The second-order valence-electron chi connectivity index (χ2n) is 3.82. The van der Waals surface area contributed by atoms with E-state index in [4.69, 9.17) is 0 Å². The number of ketones is 1. The fourth-order valence-corrected chi connectivity index (χ4v) is 1.61. The third kappa shape index (κ3) is 2.56. The maximum Gasteiger partial charge on any atom is 0.159 e. The van der Waals surface area contributed by atoms with Gasteiger partial charge < -0.3 is 0 Å². The number of carbonyl (C=O) groups is 1. The Morgan fingerprint density at radius 1 is 1.06 bits per heavy atom. The van der Waals surface area contributed by atoms with E-state index in [1.807, 2.05) is 0 Å². The minimum Gasteiger partial charge on any atom is -0.295 e. The molecule has 1 atom stereocenters. The first-order valence-corrected chi connectivity index (χ1v) is 5.33. The van der Waals surface area contributed by atoms with Crippen LogP contribution in [0, 0.1) is 0 Å². The van der Waals surface area contributed by atoms with Crippen LogP contribution in [-0.4, -0.2) is 10.8 Å². The van der Waals surface area contributed by atoms with Crippen molar-refractivity contribution in [2.75, 3.05) is 0 Å². The van der Waals surface area contributed by atoms with Gasteiger partial charge in [0.2, 0.25) is 0 Å². The van der Waals surface area contributed by atoms with Crippen LogP contribution in [0.5, 0.6) is 0 Å². The molecule has 1 heterocycles. The maximum atomic E-state index is 14.1. The molecule has 1 unspecified atom stereocenters. The van der Waals surface area contributed by atoms with Crippen molar-refractivity contribution >= 4 is 5.78 Å². The van der Waals surface area contributed by atoms with Gasteiger partial charge in [-0.25, -0.2) is 4.39 Å². The zero-order chi connectivity index (χ0) is 12.3. The summed E-state index contributed by atoms with van der Waals surface area (Å²) in [5, 5.41) is 0. The largest absolute Gasteiger partial charge is 0.295 e. The predicted octanol–water partition coefficient (Wildman–Crippen LogP) is 3.34. The second-order valence-corrected chi connectivity index (χ2v) is 3.82. The van der Waals surface area contributed by atoms with Crippen molar-refractivity contribution in [2.24, 2.45) is 0 Å². The standard InChI is InChI=1S/C14H12FNO/c1-10(17)11-2-4-12(5-3-11)14(15)13-6-8-16-9-7-13/h2-9,14H,1H3. The minimum absolute atomic E-state index is 0.0177. The minimum atomic E-state index is -1.18. The lowest BCUT2D eigenvalue weighted by atomic mass is 10.0. The van der Waals surface area contributed by atoms with Crippen molar-refractivity contribution in [1.82, 2.24) is 4.98 Å². The van der Waals surface area contributed by atoms with E-state index in [2.05, 4.69) is 4.98 Å². The van der Waals surface area contributed by atoms with Crippen molar-refractivity contribution in [3.8, 4) is 0 Å². The Labute approximate surface area is 99.1 Å². The summed E-state index contributed by atoms with van der Waals surface area (Å²) in [6, 6.07) is 9.85.